The van der Waals surface area contributed by atoms with E-state index in [-0.39, 0.29) is 52.1 Å². The van der Waals surface area contributed by atoms with E-state index in [1.807, 2.05) is 26.0 Å². The number of fused-ring (bicyclic) bond motifs is 1. The third kappa shape index (κ3) is 6.59. The average Bonchev–Trinajstić information content (AvgIpc) is 3.32. The highest BCUT2D eigenvalue weighted by Gasteiger charge is 2.43. The van der Waals surface area contributed by atoms with E-state index in [1.54, 1.807) is 11.8 Å². The fraction of sp³-hybridized carbons (Fsp3) is 0.464. The van der Waals surface area contributed by atoms with Crippen molar-refractivity contribution in [3.63, 3.8) is 0 Å². The third-order valence-corrected chi connectivity index (χ3v) is 8.67. The van der Waals surface area contributed by atoms with Gasteiger partial charge >= 0.3 is 0 Å². The molecule has 1 amide bonds. The quantitative estimate of drug-likeness (QED) is 0.349. The van der Waals surface area contributed by atoms with E-state index in [2.05, 4.69) is 56.7 Å². The van der Waals surface area contributed by atoms with Gasteiger partial charge in [0, 0.05) is 50.0 Å². The molecule has 2 fully saturated rings. The molecule has 0 radical (unpaired) electrons. The Labute approximate surface area is 241 Å². The van der Waals surface area contributed by atoms with Crippen molar-refractivity contribution < 1.29 is 14.7 Å². The standard InChI is InChI=1S/C28H35FN4OS.2ClH.H2O/c1-21-32(27(34)28(2,3)35-21)15-7-6-14-30-16-18-31(19-17-30)26-20-33(23-12-10-22(29)11-13-23)25-9-5-4-8-24(25)26;;;/h4-5,8-13,20-21H,6-7,14-19H2,1-3H3;2*1H;1H2. The number of benzene rings is 2. The van der Waals surface area contributed by atoms with Crippen molar-refractivity contribution in [3.05, 3.63) is 60.5 Å². The van der Waals surface area contributed by atoms with Crippen LogP contribution in [0.1, 0.15) is 33.6 Å². The number of hydrogen-bond acceptors (Lipinski definition) is 4. The monoisotopic (exact) mass is 584 g/mol. The molecule has 0 spiro atoms. The van der Waals surface area contributed by atoms with Crippen LogP contribution >= 0.6 is 36.6 Å². The van der Waals surface area contributed by atoms with E-state index >= 15 is 0 Å². The lowest BCUT2D eigenvalue weighted by Gasteiger charge is -2.36. The summed E-state index contributed by atoms with van der Waals surface area (Å²) in [7, 11) is 0. The molecule has 0 bridgehead atoms. The van der Waals surface area contributed by atoms with Gasteiger partial charge in [-0.05, 0) is 70.5 Å². The maximum Gasteiger partial charge on any atom is 0.239 e. The SMILES string of the molecule is CC1SC(C)(C)C(=O)N1CCCCN1CCN(c2cn(-c3ccc(F)cc3)c3ccccc23)CC1.Cl.Cl.O. The molecule has 1 atom stereocenters. The number of para-hydroxylation sites is 1. The molecule has 2 aromatic carbocycles. The van der Waals surface area contributed by atoms with Crippen molar-refractivity contribution in [2.24, 2.45) is 0 Å². The lowest BCUT2D eigenvalue weighted by Crippen LogP contribution is -2.46. The minimum Gasteiger partial charge on any atom is -0.412 e. The number of piperazine rings is 1. The number of halogens is 3. The zero-order valence-electron chi connectivity index (χ0n) is 22.2. The molecule has 6 nitrogen and oxygen atoms in total. The number of aromatic nitrogens is 1. The summed E-state index contributed by atoms with van der Waals surface area (Å²) in [6, 6.07) is 15.1. The summed E-state index contributed by atoms with van der Waals surface area (Å²) in [5.74, 6) is 0.0641. The lowest BCUT2D eigenvalue weighted by atomic mass is 10.1. The summed E-state index contributed by atoms with van der Waals surface area (Å²) in [6.45, 7) is 12.2. The zero-order valence-corrected chi connectivity index (χ0v) is 24.7. The Bertz CT molecular complexity index is 1200. The molecule has 1 aromatic heterocycles. The van der Waals surface area contributed by atoms with Crippen molar-refractivity contribution in [2.45, 2.75) is 43.7 Å². The van der Waals surface area contributed by atoms with E-state index in [4.69, 9.17) is 0 Å². The van der Waals surface area contributed by atoms with Crippen LogP contribution in [0.5, 0.6) is 0 Å². The van der Waals surface area contributed by atoms with Gasteiger partial charge in [0.05, 0.1) is 21.3 Å². The predicted octanol–water partition coefficient (Wildman–Crippen LogP) is 5.39. The van der Waals surface area contributed by atoms with Gasteiger partial charge in [0.2, 0.25) is 5.91 Å². The fourth-order valence-electron chi connectivity index (χ4n) is 5.39. The van der Waals surface area contributed by atoms with Crippen molar-refractivity contribution in [3.8, 4) is 5.69 Å². The minimum absolute atomic E-state index is 0. The number of thioether (sulfide) groups is 1. The highest BCUT2D eigenvalue weighted by Crippen LogP contribution is 2.40. The number of carbonyl (C=O) groups excluding carboxylic acids is 1. The van der Waals surface area contributed by atoms with Gasteiger partial charge in [-0.25, -0.2) is 4.39 Å². The number of unbranched alkanes of at least 4 members (excludes halogenated alkanes) is 1. The first-order valence-corrected chi connectivity index (χ1v) is 13.5. The van der Waals surface area contributed by atoms with Crippen LogP contribution in [0.3, 0.4) is 0 Å². The molecule has 210 valence electrons. The van der Waals surface area contributed by atoms with E-state index < -0.39 is 0 Å². The molecule has 2 N–H and O–H groups in total. The summed E-state index contributed by atoms with van der Waals surface area (Å²) in [5.41, 5.74) is 3.36. The Balaban J connectivity index is 0.00000169. The van der Waals surface area contributed by atoms with Crippen LogP contribution in [0.15, 0.2) is 54.7 Å². The molecule has 2 aliphatic heterocycles. The molecule has 10 heteroatoms. The van der Waals surface area contributed by atoms with Gasteiger partial charge in [-0.15, -0.1) is 36.6 Å². The van der Waals surface area contributed by atoms with Gasteiger partial charge in [0.15, 0.2) is 0 Å². The molecule has 2 aliphatic rings. The molecule has 2 saturated heterocycles. The molecular weight excluding hydrogens is 546 g/mol. The summed E-state index contributed by atoms with van der Waals surface area (Å²) < 4.78 is 15.3. The predicted molar refractivity (Wildman–Crippen MR) is 162 cm³/mol. The van der Waals surface area contributed by atoms with Crippen molar-refractivity contribution in [1.82, 2.24) is 14.4 Å². The van der Waals surface area contributed by atoms with E-state index in [9.17, 15) is 9.18 Å². The smallest absolute Gasteiger partial charge is 0.239 e. The number of carbonyl (C=O) groups is 1. The largest absolute Gasteiger partial charge is 0.412 e. The van der Waals surface area contributed by atoms with Gasteiger partial charge in [-0.1, -0.05) is 18.2 Å². The first-order valence-electron chi connectivity index (χ1n) is 12.7. The number of nitrogens with zero attached hydrogens (tertiary/aromatic N) is 4. The van der Waals surface area contributed by atoms with Crippen LogP contribution < -0.4 is 4.90 Å². The van der Waals surface area contributed by atoms with Gasteiger partial charge in [0.1, 0.15) is 5.82 Å². The van der Waals surface area contributed by atoms with E-state index in [1.165, 1.54) is 23.2 Å². The Morgan fingerprint density at radius 2 is 1.58 bits per heavy atom. The molecule has 0 saturated carbocycles. The maximum absolute atomic E-state index is 13.5. The Morgan fingerprint density at radius 1 is 0.947 bits per heavy atom. The van der Waals surface area contributed by atoms with Crippen molar-refractivity contribution in [1.29, 1.82) is 0 Å². The van der Waals surface area contributed by atoms with Gasteiger partial charge in [0.25, 0.3) is 0 Å². The van der Waals surface area contributed by atoms with Crippen LogP contribution in [-0.2, 0) is 4.79 Å². The highest BCUT2D eigenvalue weighted by atomic mass is 35.5. The first-order chi connectivity index (χ1) is 16.8. The van der Waals surface area contributed by atoms with Crippen molar-refractivity contribution >= 4 is 59.1 Å². The van der Waals surface area contributed by atoms with Gasteiger partial charge in [-0.3, -0.25) is 9.69 Å². The summed E-state index contributed by atoms with van der Waals surface area (Å²) >= 11 is 1.77. The van der Waals surface area contributed by atoms with Crippen molar-refractivity contribution in [2.75, 3.05) is 44.2 Å². The summed E-state index contributed by atoms with van der Waals surface area (Å²) in [4.78, 5) is 19.7. The van der Waals surface area contributed by atoms with Crippen LogP contribution in [0.2, 0.25) is 0 Å². The lowest BCUT2D eigenvalue weighted by molar-refractivity contribution is -0.131. The van der Waals surface area contributed by atoms with Gasteiger partial charge < -0.3 is 19.8 Å². The minimum atomic E-state index is -0.282. The molecular formula is C28H39Cl2FN4O2S. The maximum atomic E-state index is 13.5. The first kappa shape index (κ1) is 32.2. The molecule has 1 unspecified atom stereocenters. The molecule has 0 aliphatic carbocycles. The Morgan fingerprint density at radius 3 is 2.21 bits per heavy atom. The fourth-order valence-corrected chi connectivity index (χ4v) is 6.79. The van der Waals surface area contributed by atoms with Gasteiger partial charge in [-0.2, -0.15) is 0 Å². The molecule has 5 rings (SSSR count). The van der Waals surface area contributed by atoms with E-state index in [0.717, 1.165) is 63.3 Å². The Kier molecular flexibility index (Phi) is 11.4. The molecule has 38 heavy (non-hydrogen) atoms. The average molecular weight is 586 g/mol. The normalized spacial score (nSPS) is 19.2. The molecule has 3 aromatic rings. The number of anilines is 1. The van der Waals surface area contributed by atoms with Crippen LogP contribution in [0.25, 0.3) is 16.6 Å². The summed E-state index contributed by atoms with van der Waals surface area (Å²) in [6.07, 6.45) is 4.37. The Hall–Kier alpha value is -1.97. The second kappa shape index (κ2) is 13.4. The second-order valence-electron chi connectivity index (χ2n) is 10.1. The van der Waals surface area contributed by atoms with Crippen LogP contribution in [0.4, 0.5) is 10.1 Å². The number of amides is 1. The number of rotatable bonds is 7. The second-order valence-corrected chi connectivity index (χ2v) is 12.1. The zero-order chi connectivity index (χ0) is 24.6. The topological polar surface area (TPSA) is 63.2 Å². The van der Waals surface area contributed by atoms with Crippen LogP contribution in [-0.4, -0.2) is 75.1 Å². The highest BCUT2D eigenvalue weighted by molar-refractivity contribution is 8.02. The van der Waals surface area contributed by atoms with E-state index in [0.29, 0.717) is 0 Å². The third-order valence-electron chi connectivity index (χ3n) is 7.31. The van der Waals surface area contributed by atoms with Crippen LogP contribution in [0, 0.1) is 5.82 Å². The number of hydrogen-bond donors (Lipinski definition) is 0. The molecule has 3 heterocycles. The summed E-state index contributed by atoms with van der Waals surface area (Å²) in [5, 5.41) is 1.51.